The molecule has 0 rings (SSSR count). The van der Waals surface area contributed by atoms with Crippen LogP contribution in [0.15, 0.2) is 72.9 Å². The summed E-state index contributed by atoms with van der Waals surface area (Å²) in [4.78, 5) is 46.1. The standard InChI is InChI=1S/C52H90NO10P/c1-3-5-7-9-11-13-15-17-19-21-23-24-26-28-30-32-34-36-38-40-42-44-51(55)63-48(46-61-64(58,59)62-47-49(53)52(56)57)45-60-50(54)43-41-39-37-35-33-31-29-27-25-22-20-18-16-14-12-10-8-6-4-2/h6,8,12,14,18,20,25,27,31,33,37,39,48-49H,3-5,7,9-11,13,15-17,19,21-24,26,28-30,32,34-36,38,40-47,53H2,1-2H3,(H,56,57)(H,58,59)/b8-6-,14-12-,20-18-,27-25-,33-31-,39-37-/t48-,49+/m1/s1. The van der Waals surface area contributed by atoms with Crippen molar-refractivity contribution in [2.45, 2.75) is 219 Å². The van der Waals surface area contributed by atoms with Crippen LogP contribution in [0, 0.1) is 0 Å². The van der Waals surface area contributed by atoms with Crippen LogP contribution >= 0.6 is 7.82 Å². The van der Waals surface area contributed by atoms with Crippen molar-refractivity contribution < 1.29 is 47.5 Å². The van der Waals surface area contributed by atoms with Crippen LogP contribution in [0.25, 0.3) is 0 Å². The van der Waals surface area contributed by atoms with Gasteiger partial charge in [-0.25, -0.2) is 4.57 Å². The number of phosphoric acid groups is 1. The molecule has 368 valence electrons. The molecule has 0 amide bonds. The van der Waals surface area contributed by atoms with Crippen molar-refractivity contribution in [1.82, 2.24) is 0 Å². The lowest BCUT2D eigenvalue weighted by atomic mass is 10.0. The van der Waals surface area contributed by atoms with Gasteiger partial charge in [-0.05, 0) is 51.4 Å². The molecule has 0 fully saturated rings. The number of nitrogens with two attached hydrogens (primary N) is 1. The Balaban J connectivity index is 4.36. The lowest BCUT2D eigenvalue weighted by Gasteiger charge is -2.20. The van der Waals surface area contributed by atoms with E-state index in [1.807, 2.05) is 12.2 Å². The molecule has 3 atom stereocenters. The Bertz CT molecular complexity index is 1360. The third-order valence-electron chi connectivity index (χ3n) is 10.5. The number of carbonyl (C=O) groups is 3. The minimum absolute atomic E-state index is 0.0951. The summed E-state index contributed by atoms with van der Waals surface area (Å²) >= 11 is 0. The number of carbonyl (C=O) groups excluding carboxylic acids is 2. The number of carboxylic acids is 1. The average molecular weight is 920 g/mol. The monoisotopic (exact) mass is 920 g/mol. The number of rotatable bonds is 46. The zero-order valence-electron chi connectivity index (χ0n) is 40.1. The third-order valence-corrected chi connectivity index (χ3v) is 11.4. The quantitative estimate of drug-likeness (QED) is 0.0230. The third kappa shape index (κ3) is 45.5. The highest BCUT2D eigenvalue weighted by Crippen LogP contribution is 2.43. The zero-order chi connectivity index (χ0) is 47.0. The van der Waals surface area contributed by atoms with E-state index in [9.17, 15) is 23.8 Å². The molecule has 12 heteroatoms. The molecule has 64 heavy (non-hydrogen) atoms. The lowest BCUT2D eigenvalue weighted by molar-refractivity contribution is -0.161. The Morgan fingerprint density at radius 1 is 0.500 bits per heavy atom. The van der Waals surface area contributed by atoms with E-state index in [4.69, 9.17) is 24.8 Å². The summed E-state index contributed by atoms with van der Waals surface area (Å²) < 4.78 is 32.7. The van der Waals surface area contributed by atoms with E-state index in [1.54, 1.807) is 0 Å². The molecular formula is C52H90NO10P. The first kappa shape index (κ1) is 60.9. The maximum Gasteiger partial charge on any atom is 0.472 e. The van der Waals surface area contributed by atoms with Crippen molar-refractivity contribution >= 4 is 25.7 Å². The number of phosphoric ester groups is 1. The van der Waals surface area contributed by atoms with Gasteiger partial charge in [0, 0.05) is 12.8 Å². The molecule has 0 saturated heterocycles. The van der Waals surface area contributed by atoms with Gasteiger partial charge in [-0.2, -0.15) is 0 Å². The van der Waals surface area contributed by atoms with E-state index in [0.29, 0.717) is 12.8 Å². The average Bonchev–Trinajstić information content (AvgIpc) is 3.27. The second-order valence-electron chi connectivity index (χ2n) is 16.6. The highest BCUT2D eigenvalue weighted by Gasteiger charge is 2.28. The van der Waals surface area contributed by atoms with E-state index < -0.39 is 51.1 Å². The molecule has 11 nitrogen and oxygen atoms in total. The van der Waals surface area contributed by atoms with Gasteiger partial charge in [0.05, 0.1) is 13.2 Å². The van der Waals surface area contributed by atoms with E-state index >= 15 is 0 Å². The van der Waals surface area contributed by atoms with Gasteiger partial charge in [0.25, 0.3) is 0 Å². The molecule has 0 bridgehead atoms. The van der Waals surface area contributed by atoms with Crippen molar-refractivity contribution in [3.8, 4) is 0 Å². The van der Waals surface area contributed by atoms with Crippen LogP contribution in [0.4, 0.5) is 0 Å². The Morgan fingerprint density at radius 3 is 1.28 bits per heavy atom. The summed E-state index contributed by atoms with van der Waals surface area (Å²) in [7, 11) is -4.74. The van der Waals surface area contributed by atoms with Gasteiger partial charge in [-0.3, -0.25) is 23.4 Å². The van der Waals surface area contributed by atoms with Crippen LogP contribution in [0.2, 0.25) is 0 Å². The molecule has 0 radical (unpaired) electrons. The summed E-state index contributed by atoms with van der Waals surface area (Å²) in [6.07, 6.45) is 57.0. The second-order valence-corrected chi connectivity index (χ2v) is 18.0. The number of ether oxygens (including phenoxy) is 2. The number of unbranched alkanes of at least 4 members (excludes halogenated alkanes) is 20. The molecule has 1 unspecified atom stereocenters. The molecule has 0 saturated carbocycles. The Hall–Kier alpha value is -3.08. The van der Waals surface area contributed by atoms with Gasteiger partial charge >= 0.3 is 25.7 Å². The summed E-state index contributed by atoms with van der Waals surface area (Å²) in [5, 5.41) is 8.92. The number of esters is 2. The fourth-order valence-electron chi connectivity index (χ4n) is 6.62. The number of aliphatic carboxylic acids is 1. The number of hydrogen-bond acceptors (Lipinski definition) is 9. The van der Waals surface area contributed by atoms with Crippen LogP contribution in [0.3, 0.4) is 0 Å². The van der Waals surface area contributed by atoms with Gasteiger partial charge in [0.15, 0.2) is 6.10 Å². The maximum atomic E-state index is 12.7. The topological polar surface area (TPSA) is 172 Å². The normalized spacial score (nSPS) is 14.2. The first-order valence-corrected chi connectivity index (χ1v) is 26.5. The molecule has 0 aliphatic heterocycles. The SMILES string of the molecule is CC/C=C\C/C=C\C/C=C\C/C=C\C/C=C\C/C=C\CCC(=O)OC[C@H](COP(=O)(O)OC[C@H](N)C(=O)O)OC(=O)CCCCCCCCCCCCCCCCCCCCCCC. The molecular weight excluding hydrogens is 830 g/mol. The molecule has 0 aromatic heterocycles. The van der Waals surface area contributed by atoms with E-state index in [1.165, 1.54) is 109 Å². The van der Waals surface area contributed by atoms with Gasteiger partial charge in [0.2, 0.25) is 0 Å². The molecule has 0 aromatic rings. The highest BCUT2D eigenvalue weighted by atomic mass is 31.2. The minimum atomic E-state index is -4.74. The molecule has 4 N–H and O–H groups in total. The van der Waals surface area contributed by atoms with Gasteiger partial charge < -0.3 is 25.2 Å². The number of hydrogen-bond donors (Lipinski definition) is 3. The maximum absolute atomic E-state index is 12.7. The van der Waals surface area contributed by atoms with Crippen molar-refractivity contribution in [3.05, 3.63) is 72.9 Å². The van der Waals surface area contributed by atoms with Crippen molar-refractivity contribution in [2.24, 2.45) is 5.73 Å². The first-order chi connectivity index (χ1) is 31.1. The second kappa shape index (κ2) is 46.4. The molecule has 0 aliphatic carbocycles. The summed E-state index contributed by atoms with van der Waals surface area (Å²) in [5.41, 5.74) is 5.34. The smallest absolute Gasteiger partial charge is 0.472 e. The number of carboxylic acid groups (broad SMARTS) is 1. The summed E-state index contributed by atoms with van der Waals surface area (Å²) in [6.45, 7) is 2.64. The Morgan fingerprint density at radius 2 is 0.875 bits per heavy atom. The first-order valence-electron chi connectivity index (χ1n) is 25.0. The summed E-state index contributed by atoms with van der Waals surface area (Å²) in [6, 6.07) is -1.53. The Labute approximate surface area is 389 Å². The van der Waals surface area contributed by atoms with Crippen molar-refractivity contribution in [2.75, 3.05) is 19.8 Å². The van der Waals surface area contributed by atoms with E-state index in [-0.39, 0.29) is 19.4 Å². The summed E-state index contributed by atoms with van der Waals surface area (Å²) in [5.74, 6) is -2.48. The van der Waals surface area contributed by atoms with Gasteiger partial charge in [-0.15, -0.1) is 0 Å². The minimum Gasteiger partial charge on any atom is -0.480 e. The Kier molecular flexibility index (Phi) is 44.2. The molecule has 0 heterocycles. The van der Waals surface area contributed by atoms with Crippen LogP contribution in [0.1, 0.15) is 206 Å². The molecule has 0 aliphatic rings. The van der Waals surface area contributed by atoms with Crippen molar-refractivity contribution in [3.63, 3.8) is 0 Å². The van der Waals surface area contributed by atoms with Crippen LogP contribution < -0.4 is 5.73 Å². The predicted octanol–water partition coefficient (Wildman–Crippen LogP) is 14.1. The fourth-order valence-corrected chi connectivity index (χ4v) is 7.40. The molecule has 0 aromatic carbocycles. The zero-order valence-corrected chi connectivity index (χ0v) is 41.0. The number of allylic oxidation sites excluding steroid dienone is 12. The highest BCUT2D eigenvalue weighted by molar-refractivity contribution is 7.47. The fraction of sp³-hybridized carbons (Fsp3) is 0.712. The molecule has 0 spiro atoms. The van der Waals surface area contributed by atoms with Crippen LogP contribution in [-0.4, -0.2) is 59.9 Å². The lowest BCUT2D eigenvalue weighted by Crippen LogP contribution is -2.34. The van der Waals surface area contributed by atoms with E-state index in [0.717, 1.165) is 57.8 Å². The van der Waals surface area contributed by atoms with Crippen molar-refractivity contribution in [1.29, 1.82) is 0 Å². The van der Waals surface area contributed by atoms with Gasteiger partial charge in [-0.1, -0.05) is 215 Å². The largest absolute Gasteiger partial charge is 0.480 e. The van der Waals surface area contributed by atoms with Gasteiger partial charge in [0.1, 0.15) is 12.6 Å². The van der Waals surface area contributed by atoms with Crippen LogP contribution in [0.5, 0.6) is 0 Å². The van der Waals surface area contributed by atoms with Crippen LogP contribution in [-0.2, 0) is 37.5 Å². The van der Waals surface area contributed by atoms with E-state index in [2.05, 4.69) is 79.1 Å². The predicted molar refractivity (Wildman–Crippen MR) is 263 cm³/mol.